The van der Waals surface area contributed by atoms with Crippen LogP contribution in [0.3, 0.4) is 0 Å². The van der Waals surface area contributed by atoms with E-state index < -0.39 is 31.4 Å². The highest BCUT2D eigenvalue weighted by atomic mass is 32.2. The van der Waals surface area contributed by atoms with Crippen LogP contribution >= 0.6 is 0 Å². The van der Waals surface area contributed by atoms with Crippen molar-refractivity contribution < 1.29 is 34.2 Å². The predicted octanol–water partition coefficient (Wildman–Crippen LogP) is 2.57. The first-order valence-corrected chi connectivity index (χ1v) is 10.2. The summed E-state index contributed by atoms with van der Waals surface area (Å²) in [5.41, 5.74) is -5.54. The van der Waals surface area contributed by atoms with Gasteiger partial charge in [-0.05, 0) is 25.1 Å². The van der Waals surface area contributed by atoms with Gasteiger partial charge in [0.1, 0.15) is 17.5 Å². The Morgan fingerprint density at radius 3 is 2.25 bits per heavy atom. The summed E-state index contributed by atoms with van der Waals surface area (Å²) in [4.78, 5) is -0.151. The number of H-pyrrole nitrogens is 1. The molecule has 8 nitrogen and oxygen atoms in total. The molecule has 0 saturated carbocycles. The van der Waals surface area contributed by atoms with Gasteiger partial charge in [0.15, 0.2) is 0 Å². The molecule has 0 aromatic heterocycles. The highest BCUT2D eigenvalue weighted by molar-refractivity contribution is 7.90. The molecular formula is C15H10F3N3O5S2. The van der Waals surface area contributed by atoms with Crippen molar-refractivity contribution in [2.75, 3.05) is 0 Å². The molecule has 0 bridgehead atoms. The molecule has 0 atom stereocenters. The van der Waals surface area contributed by atoms with E-state index in [4.69, 9.17) is 5.26 Å². The fraction of sp³-hybridized carbons (Fsp3) is 0.133. The molecule has 1 aliphatic heterocycles. The van der Waals surface area contributed by atoms with Gasteiger partial charge in [-0.15, -0.1) is 0 Å². The molecule has 1 heterocycles. The van der Waals surface area contributed by atoms with Crippen LogP contribution in [0.25, 0.3) is 11.3 Å². The van der Waals surface area contributed by atoms with Gasteiger partial charge in [-0.25, -0.2) is 0 Å². The normalized spacial score (nSPS) is 12.8. The third-order valence-electron chi connectivity index (χ3n) is 3.70. The Labute approximate surface area is 157 Å². The van der Waals surface area contributed by atoms with Crippen molar-refractivity contribution >= 4 is 20.1 Å². The van der Waals surface area contributed by atoms with E-state index in [1.54, 1.807) is 13.0 Å². The van der Waals surface area contributed by atoms with E-state index in [9.17, 15) is 30.0 Å². The second kappa shape index (κ2) is 6.28. The maximum Gasteiger partial charge on any atom is 0.534 e. The molecule has 1 aromatic rings. The van der Waals surface area contributed by atoms with Crippen molar-refractivity contribution in [3.8, 4) is 23.1 Å². The Morgan fingerprint density at radius 2 is 1.71 bits per heavy atom. The molecule has 1 aromatic carbocycles. The predicted molar refractivity (Wildman–Crippen MR) is 89.5 cm³/mol. The highest BCUT2D eigenvalue weighted by Gasteiger charge is 2.49. The van der Waals surface area contributed by atoms with Crippen LogP contribution in [-0.4, -0.2) is 31.5 Å². The average molecular weight is 433 g/mol. The molecule has 13 heteroatoms. The van der Waals surface area contributed by atoms with Crippen LogP contribution in [0.4, 0.5) is 13.2 Å². The monoisotopic (exact) mass is 433 g/mol. The molecule has 1 N–H and O–H groups in total. The first-order chi connectivity index (χ1) is 12.9. The molecule has 1 aliphatic carbocycles. The van der Waals surface area contributed by atoms with E-state index >= 15 is 0 Å². The number of benzene rings is 1. The lowest BCUT2D eigenvalue weighted by Crippen LogP contribution is -2.27. The van der Waals surface area contributed by atoms with Gasteiger partial charge in [0, 0.05) is 11.6 Å². The molecule has 0 unspecified atom stereocenters. The van der Waals surface area contributed by atoms with Crippen LogP contribution in [0.1, 0.15) is 11.3 Å². The summed E-state index contributed by atoms with van der Waals surface area (Å²) in [6, 6.07) is 8.96. The Bertz CT molecular complexity index is 1260. The largest absolute Gasteiger partial charge is 0.534 e. The lowest BCUT2D eigenvalue weighted by Gasteiger charge is -2.08. The highest BCUT2D eigenvalue weighted by Crippen LogP contribution is 2.37. The number of aromatic nitrogens is 2. The van der Waals surface area contributed by atoms with Gasteiger partial charge in [0.25, 0.3) is 10.0 Å². The Morgan fingerprint density at radius 1 is 1.11 bits per heavy atom. The number of halogens is 3. The fourth-order valence-electron chi connectivity index (χ4n) is 2.37. The van der Waals surface area contributed by atoms with Crippen molar-refractivity contribution in [3.05, 3.63) is 47.7 Å². The van der Waals surface area contributed by atoms with Crippen molar-refractivity contribution in [2.24, 2.45) is 0 Å². The Hall–Kier alpha value is -2.98. The summed E-state index contributed by atoms with van der Waals surface area (Å²) in [6.45, 7) is 1.74. The van der Waals surface area contributed by atoms with Gasteiger partial charge in [-0.1, -0.05) is 17.7 Å². The molecule has 0 amide bonds. The average Bonchev–Trinajstić information content (AvgIpc) is 3.11. The van der Waals surface area contributed by atoms with E-state index in [1.165, 1.54) is 24.3 Å². The first-order valence-electron chi connectivity index (χ1n) is 7.34. The third kappa shape index (κ3) is 3.20. The number of nitrogens with one attached hydrogen (secondary N) is 1. The van der Waals surface area contributed by atoms with E-state index in [0.717, 1.165) is 17.7 Å². The number of aryl methyl sites for hydroxylation is 1. The lowest BCUT2D eigenvalue weighted by molar-refractivity contribution is -0.0500. The minimum Gasteiger partial charge on any atom is -0.376 e. The van der Waals surface area contributed by atoms with Crippen molar-refractivity contribution in [1.82, 2.24) is 9.19 Å². The first kappa shape index (κ1) is 19.8. The molecule has 0 saturated heterocycles. The fourth-order valence-corrected chi connectivity index (χ4v) is 4.13. The maximum absolute atomic E-state index is 12.8. The lowest BCUT2D eigenvalue weighted by atomic mass is 10.2. The molecule has 0 fully saturated rings. The van der Waals surface area contributed by atoms with Gasteiger partial charge in [0.05, 0.1) is 10.6 Å². The smallest absolute Gasteiger partial charge is 0.376 e. The van der Waals surface area contributed by atoms with E-state index in [0.29, 0.717) is 4.09 Å². The number of aromatic amines is 1. The van der Waals surface area contributed by atoms with Crippen LogP contribution in [0.2, 0.25) is 0 Å². The van der Waals surface area contributed by atoms with Gasteiger partial charge in [0.2, 0.25) is 0 Å². The SMILES string of the molecule is Cc1ccc(S(=O)(=O)n2[nH]c(C#N)c3cc(OS(=O)(=O)C(F)(F)F)cc2-3)cc1. The zero-order valence-electron chi connectivity index (χ0n) is 13.9. The Balaban J connectivity index is 2.14. The quantitative estimate of drug-likeness (QED) is 0.498. The van der Waals surface area contributed by atoms with Gasteiger partial charge >= 0.3 is 15.6 Å². The number of hydrogen-bond donors (Lipinski definition) is 1. The maximum atomic E-state index is 12.8. The minimum absolute atomic E-state index is 0.120. The summed E-state index contributed by atoms with van der Waals surface area (Å²) in [5, 5.41) is 11.5. The molecule has 0 radical (unpaired) electrons. The number of fused-ring (bicyclic) bond motifs is 1. The van der Waals surface area contributed by atoms with Gasteiger partial charge in [-0.3, -0.25) is 5.10 Å². The molecule has 28 heavy (non-hydrogen) atoms. The molecule has 3 rings (SSSR count). The second-order valence-electron chi connectivity index (χ2n) is 5.65. The number of rotatable bonds is 4. The van der Waals surface area contributed by atoms with Crippen molar-refractivity contribution in [3.63, 3.8) is 0 Å². The van der Waals surface area contributed by atoms with Crippen LogP contribution in [0, 0.1) is 18.3 Å². The summed E-state index contributed by atoms with van der Waals surface area (Å²) in [5.74, 6) is -0.777. The van der Waals surface area contributed by atoms with Crippen LogP contribution in [-0.2, 0) is 20.1 Å². The Kier molecular flexibility index (Phi) is 4.43. The zero-order chi connectivity index (χ0) is 20.9. The van der Waals surface area contributed by atoms with Crippen LogP contribution in [0.5, 0.6) is 5.75 Å². The number of hydrogen-bond acceptors (Lipinski definition) is 6. The van der Waals surface area contributed by atoms with Gasteiger partial charge in [-0.2, -0.15) is 39.4 Å². The second-order valence-corrected chi connectivity index (χ2v) is 8.98. The number of nitrogens with zero attached hydrogens (tertiary/aromatic N) is 2. The molecule has 0 spiro atoms. The molecule has 148 valence electrons. The van der Waals surface area contributed by atoms with E-state index in [2.05, 4.69) is 9.28 Å². The summed E-state index contributed by atoms with van der Waals surface area (Å²) >= 11 is 0. The minimum atomic E-state index is -5.95. The van der Waals surface area contributed by atoms with Crippen molar-refractivity contribution in [2.45, 2.75) is 17.3 Å². The summed E-state index contributed by atoms with van der Waals surface area (Å²) < 4.78 is 90.0. The van der Waals surface area contributed by atoms with Crippen LogP contribution in [0.15, 0.2) is 41.3 Å². The van der Waals surface area contributed by atoms with Crippen molar-refractivity contribution in [1.29, 1.82) is 5.26 Å². The van der Waals surface area contributed by atoms with Gasteiger partial charge < -0.3 is 4.18 Å². The number of alkyl halides is 3. The topological polar surface area (TPSA) is 122 Å². The summed E-state index contributed by atoms with van der Waals surface area (Å²) in [6.07, 6.45) is 0. The summed E-state index contributed by atoms with van der Waals surface area (Å²) in [7, 11) is -10.2. The third-order valence-corrected chi connectivity index (χ3v) is 6.32. The standard InChI is InChI=1S/C15H10F3N3O5S2/c1-9-2-4-11(5-3-9)27(22,23)21-14-7-10(6-12(14)13(8-19)20-21)26-28(24,25)15(16,17)18/h2-7,20H,1H3. The zero-order valence-corrected chi connectivity index (χ0v) is 15.5. The van der Waals surface area contributed by atoms with E-state index in [1.807, 2.05) is 0 Å². The van der Waals surface area contributed by atoms with E-state index in [-0.39, 0.29) is 21.8 Å². The number of nitriles is 1. The molecule has 2 aliphatic rings. The molecular weight excluding hydrogens is 423 g/mol. The van der Waals surface area contributed by atoms with Crippen LogP contribution < -0.4 is 4.18 Å².